The molecule has 20 heavy (non-hydrogen) atoms. The van der Waals surface area contributed by atoms with Gasteiger partial charge < -0.3 is 9.64 Å². The number of halogens is 1. The fourth-order valence-corrected chi connectivity index (χ4v) is 2.96. The maximum Gasteiger partial charge on any atom is 0.286 e. The van der Waals surface area contributed by atoms with Gasteiger partial charge in [0.1, 0.15) is 5.82 Å². The molecule has 2 aliphatic rings. The number of aliphatic imine (C=N–C) groups is 1. The van der Waals surface area contributed by atoms with Gasteiger partial charge in [0.2, 0.25) is 0 Å². The van der Waals surface area contributed by atoms with Gasteiger partial charge in [-0.2, -0.15) is 4.99 Å². The molecule has 0 aromatic heterocycles. The molecule has 6 heteroatoms. The molecule has 0 atom stereocenters. The number of nitrogens with zero attached hydrogens (tertiary/aromatic N) is 2. The molecule has 4 nitrogen and oxygen atoms in total. The lowest BCUT2D eigenvalue weighted by Gasteiger charge is -2.27. The maximum absolute atomic E-state index is 12.8. The van der Waals surface area contributed by atoms with Gasteiger partial charge >= 0.3 is 0 Å². The number of ether oxygens (including phenoxy) is 1. The van der Waals surface area contributed by atoms with Crippen molar-refractivity contribution in [1.29, 1.82) is 0 Å². The van der Waals surface area contributed by atoms with E-state index in [0.29, 0.717) is 18.1 Å². The first kappa shape index (κ1) is 13.3. The Morgan fingerprint density at radius 1 is 1.25 bits per heavy atom. The highest BCUT2D eigenvalue weighted by atomic mass is 32.2. The molecular weight excluding hydrogens is 279 g/mol. The first-order valence-electron chi connectivity index (χ1n) is 6.33. The van der Waals surface area contributed by atoms with Gasteiger partial charge in [-0.3, -0.25) is 4.79 Å². The van der Waals surface area contributed by atoms with Crippen molar-refractivity contribution in [3.8, 4) is 0 Å². The van der Waals surface area contributed by atoms with Crippen LogP contribution in [0.2, 0.25) is 0 Å². The van der Waals surface area contributed by atoms with Crippen LogP contribution in [0.5, 0.6) is 0 Å². The molecule has 1 aromatic carbocycles. The van der Waals surface area contributed by atoms with Crippen molar-refractivity contribution in [2.45, 2.75) is 0 Å². The first-order chi connectivity index (χ1) is 9.72. The van der Waals surface area contributed by atoms with E-state index in [4.69, 9.17) is 4.74 Å². The Bertz CT molecular complexity index is 577. The second-order valence-electron chi connectivity index (χ2n) is 4.46. The standard InChI is InChI=1S/C14H13FN2O2S/c15-11-3-1-10(2-4-11)9-12-13(18)16-14(20-12)17-5-7-19-8-6-17/h1-4,9H,5-8H2/b12-9-. The third kappa shape index (κ3) is 2.91. The van der Waals surface area contributed by atoms with E-state index in [1.54, 1.807) is 18.2 Å². The summed E-state index contributed by atoms with van der Waals surface area (Å²) in [5.41, 5.74) is 0.792. The van der Waals surface area contributed by atoms with E-state index in [-0.39, 0.29) is 11.7 Å². The lowest BCUT2D eigenvalue weighted by atomic mass is 10.2. The lowest BCUT2D eigenvalue weighted by Crippen LogP contribution is -2.38. The number of thioether (sulfide) groups is 1. The molecule has 0 saturated carbocycles. The van der Waals surface area contributed by atoms with Crippen molar-refractivity contribution in [3.05, 3.63) is 40.6 Å². The van der Waals surface area contributed by atoms with Gasteiger partial charge in [-0.15, -0.1) is 0 Å². The molecule has 1 fully saturated rings. The first-order valence-corrected chi connectivity index (χ1v) is 7.15. The zero-order chi connectivity index (χ0) is 13.9. The summed E-state index contributed by atoms with van der Waals surface area (Å²) in [5.74, 6) is -0.524. The van der Waals surface area contributed by atoms with Gasteiger partial charge in [0.05, 0.1) is 18.1 Å². The van der Waals surface area contributed by atoms with Crippen LogP contribution in [0.4, 0.5) is 4.39 Å². The molecule has 0 radical (unpaired) electrons. The number of hydrogen-bond acceptors (Lipinski definition) is 4. The SMILES string of the molecule is O=C1N=C(N2CCOCC2)S/C1=C\c1ccc(F)cc1. The van der Waals surface area contributed by atoms with E-state index in [0.717, 1.165) is 23.8 Å². The van der Waals surface area contributed by atoms with Crippen LogP contribution in [0.15, 0.2) is 34.2 Å². The number of amidine groups is 1. The summed E-state index contributed by atoms with van der Waals surface area (Å²) in [6, 6.07) is 6.03. The molecule has 2 aliphatic heterocycles. The average Bonchev–Trinajstić information content (AvgIpc) is 2.84. The molecule has 2 heterocycles. The van der Waals surface area contributed by atoms with Gasteiger partial charge in [0, 0.05) is 13.1 Å². The van der Waals surface area contributed by atoms with Gasteiger partial charge in [-0.1, -0.05) is 12.1 Å². The zero-order valence-electron chi connectivity index (χ0n) is 10.7. The van der Waals surface area contributed by atoms with Gasteiger partial charge in [-0.25, -0.2) is 4.39 Å². The number of carbonyl (C=O) groups excluding carboxylic acids is 1. The number of morpholine rings is 1. The summed E-state index contributed by atoms with van der Waals surface area (Å²) < 4.78 is 18.1. The van der Waals surface area contributed by atoms with Crippen LogP contribution in [-0.2, 0) is 9.53 Å². The molecule has 1 amide bonds. The van der Waals surface area contributed by atoms with Crippen LogP contribution in [0, 0.1) is 5.82 Å². The molecule has 3 rings (SSSR count). The van der Waals surface area contributed by atoms with Crippen molar-refractivity contribution in [2.75, 3.05) is 26.3 Å². The van der Waals surface area contributed by atoms with E-state index in [1.807, 2.05) is 0 Å². The summed E-state index contributed by atoms with van der Waals surface area (Å²) in [4.78, 5) is 18.6. The highest BCUT2D eigenvalue weighted by Gasteiger charge is 2.26. The average molecular weight is 292 g/mol. The minimum Gasteiger partial charge on any atom is -0.378 e. The number of benzene rings is 1. The maximum atomic E-state index is 12.8. The predicted molar refractivity (Wildman–Crippen MR) is 76.8 cm³/mol. The molecule has 0 N–H and O–H groups in total. The molecule has 1 aromatic rings. The minimum atomic E-state index is -0.289. The number of carbonyl (C=O) groups is 1. The quantitative estimate of drug-likeness (QED) is 0.744. The summed E-state index contributed by atoms with van der Waals surface area (Å²) in [6.07, 6.45) is 1.74. The summed E-state index contributed by atoms with van der Waals surface area (Å²) in [6.45, 7) is 2.82. The highest BCUT2D eigenvalue weighted by molar-refractivity contribution is 8.18. The predicted octanol–water partition coefficient (Wildman–Crippen LogP) is 2.13. The molecule has 0 unspecified atom stereocenters. The number of amides is 1. The zero-order valence-corrected chi connectivity index (χ0v) is 11.5. The lowest BCUT2D eigenvalue weighted by molar-refractivity contribution is -0.113. The van der Waals surface area contributed by atoms with Crippen molar-refractivity contribution in [1.82, 2.24) is 4.90 Å². The van der Waals surface area contributed by atoms with Crippen molar-refractivity contribution < 1.29 is 13.9 Å². The van der Waals surface area contributed by atoms with Crippen LogP contribution >= 0.6 is 11.8 Å². The minimum absolute atomic E-state index is 0.235. The second-order valence-corrected chi connectivity index (χ2v) is 5.47. The van der Waals surface area contributed by atoms with Crippen molar-refractivity contribution >= 4 is 28.9 Å². The van der Waals surface area contributed by atoms with Crippen LogP contribution in [0.25, 0.3) is 6.08 Å². The van der Waals surface area contributed by atoms with Gasteiger partial charge in [-0.05, 0) is 35.5 Å². The number of hydrogen-bond donors (Lipinski definition) is 0. The van der Waals surface area contributed by atoms with Crippen molar-refractivity contribution in [3.63, 3.8) is 0 Å². The number of rotatable bonds is 1. The summed E-state index contributed by atoms with van der Waals surface area (Å²) in [5, 5.41) is 0.728. The second kappa shape index (κ2) is 5.76. The van der Waals surface area contributed by atoms with Crippen LogP contribution < -0.4 is 0 Å². The van der Waals surface area contributed by atoms with E-state index in [2.05, 4.69) is 9.89 Å². The van der Waals surface area contributed by atoms with E-state index < -0.39 is 0 Å². The molecule has 0 spiro atoms. The normalized spacial score (nSPS) is 21.4. The summed E-state index contributed by atoms with van der Waals surface area (Å²) >= 11 is 1.36. The monoisotopic (exact) mass is 292 g/mol. The van der Waals surface area contributed by atoms with E-state index in [9.17, 15) is 9.18 Å². The third-order valence-electron chi connectivity index (χ3n) is 3.06. The largest absolute Gasteiger partial charge is 0.378 e. The smallest absolute Gasteiger partial charge is 0.286 e. The van der Waals surface area contributed by atoms with E-state index in [1.165, 1.54) is 23.9 Å². The van der Waals surface area contributed by atoms with Crippen LogP contribution in [0.1, 0.15) is 5.56 Å². The van der Waals surface area contributed by atoms with Crippen LogP contribution in [0.3, 0.4) is 0 Å². The molecular formula is C14H13FN2O2S. The third-order valence-corrected chi connectivity index (χ3v) is 4.10. The molecule has 1 saturated heterocycles. The Labute approximate surface area is 120 Å². The van der Waals surface area contributed by atoms with Gasteiger partial charge in [0.15, 0.2) is 5.17 Å². The fourth-order valence-electron chi connectivity index (χ4n) is 2.00. The Balaban J connectivity index is 1.74. The highest BCUT2D eigenvalue weighted by Crippen LogP contribution is 2.30. The van der Waals surface area contributed by atoms with Crippen LogP contribution in [-0.4, -0.2) is 42.3 Å². The Hall–Kier alpha value is -1.66. The van der Waals surface area contributed by atoms with Crippen molar-refractivity contribution in [2.24, 2.45) is 4.99 Å². The summed E-state index contributed by atoms with van der Waals surface area (Å²) in [7, 11) is 0. The Morgan fingerprint density at radius 3 is 2.65 bits per heavy atom. The molecule has 104 valence electrons. The Morgan fingerprint density at radius 2 is 1.95 bits per heavy atom. The molecule has 0 bridgehead atoms. The fraction of sp³-hybridized carbons (Fsp3) is 0.286. The Kier molecular flexibility index (Phi) is 3.84. The topological polar surface area (TPSA) is 41.9 Å². The van der Waals surface area contributed by atoms with Gasteiger partial charge in [0.25, 0.3) is 5.91 Å². The van der Waals surface area contributed by atoms with E-state index >= 15 is 0 Å². The molecule has 0 aliphatic carbocycles.